The summed E-state index contributed by atoms with van der Waals surface area (Å²) < 4.78 is 13.5. The van der Waals surface area contributed by atoms with Crippen molar-refractivity contribution in [2.24, 2.45) is 0 Å². The molecule has 0 spiro atoms. The Labute approximate surface area is 119 Å². The van der Waals surface area contributed by atoms with Crippen molar-refractivity contribution in [2.45, 2.75) is 13.0 Å². The standard InChI is InChI=1S/C15H21FN4/c1-12(11-20-8-6-19(2)7-9-20)18-15-5-3-4-14(16)13(15)10-17/h3-5,12,18H,6-9,11H2,1-2H3. The summed E-state index contributed by atoms with van der Waals surface area (Å²) in [5, 5.41) is 12.3. The number of nitriles is 1. The van der Waals surface area contributed by atoms with Crippen molar-refractivity contribution < 1.29 is 4.39 Å². The topological polar surface area (TPSA) is 42.3 Å². The lowest BCUT2D eigenvalue weighted by Gasteiger charge is -2.34. The Morgan fingerprint density at radius 1 is 1.35 bits per heavy atom. The third kappa shape index (κ3) is 3.69. The summed E-state index contributed by atoms with van der Waals surface area (Å²) in [6, 6.07) is 6.79. The molecule has 108 valence electrons. The van der Waals surface area contributed by atoms with E-state index in [2.05, 4.69) is 29.1 Å². The molecule has 1 aliphatic rings. The van der Waals surface area contributed by atoms with E-state index in [-0.39, 0.29) is 11.6 Å². The molecule has 0 amide bonds. The Balaban J connectivity index is 1.93. The Kier molecular flexibility index (Phi) is 4.94. The fourth-order valence-electron chi connectivity index (χ4n) is 2.49. The molecular formula is C15H21FN4. The van der Waals surface area contributed by atoms with E-state index in [1.54, 1.807) is 12.1 Å². The molecule has 1 N–H and O–H groups in total. The van der Waals surface area contributed by atoms with Gasteiger partial charge in [-0.2, -0.15) is 5.26 Å². The summed E-state index contributed by atoms with van der Waals surface area (Å²) in [4.78, 5) is 4.71. The quantitative estimate of drug-likeness (QED) is 0.909. The van der Waals surface area contributed by atoms with Gasteiger partial charge in [0.25, 0.3) is 0 Å². The van der Waals surface area contributed by atoms with Gasteiger partial charge in [-0.1, -0.05) is 6.07 Å². The third-order valence-corrected chi connectivity index (χ3v) is 3.66. The molecule has 2 rings (SSSR count). The minimum absolute atomic E-state index is 0.0951. The molecule has 5 heteroatoms. The molecule has 0 bridgehead atoms. The summed E-state index contributed by atoms with van der Waals surface area (Å²) in [5.74, 6) is -0.468. The van der Waals surface area contributed by atoms with Crippen LogP contribution in [-0.2, 0) is 0 Å². The molecule has 0 saturated carbocycles. The molecule has 1 aromatic rings. The maximum absolute atomic E-state index is 13.5. The average molecular weight is 276 g/mol. The first-order chi connectivity index (χ1) is 9.60. The second kappa shape index (κ2) is 6.69. The second-order valence-electron chi connectivity index (χ2n) is 5.42. The van der Waals surface area contributed by atoms with E-state index in [0.717, 1.165) is 32.7 Å². The number of likely N-dealkylation sites (N-methyl/N-ethyl adjacent to an activating group) is 1. The molecule has 20 heavy (non-hydrogen) atoms. The van der Waals surface area contributed by atoms with Crippen molar-refractivity contribution in [3.63, 3.8) is 0 Å². The highest BCUT2D eigenvalue weighted by Crippen LogP contribution is 2.18. The predicted molar refractivity (Wildman–Crippen MR) is 78.1 cm³/mol. The molecule has 1 aliphatic heterocycles. The predicted octanol–water partition coefficient (Wildman–Crippen LogP) is 1.75. The first kappa shape index (κ1) is 14.8. The Morgan fingerprint density at radius 3 is 2.70 bits per heavy atom. The van der Waals surface area contributed by atoms with Crippen LogP contribution in [0.1, 0.15) is 12.5 Å². The number of anilines is 1. The highest BCUT2D eigenvalue weighted by atomic mass is 19.1. The number of nitrogens with zero attached hydrogens (tertiary/aromatic N) is 3. The van der Waals surface area contributed by atoms with Crippen molar-refractivity contribution in [1.29, 1.82) is 5.26 Å². The maximum Gasteiger partial charge on any atom is 0.143 e. The normalized spacial score (nSPS) is 18.5. The van der Waals surface area contributed by atoms with Gasteiger partial charge in [-0.05, 0) is 26.1 Å². The number of nitrogens with one attached hydrogen (secondary N) is 1. The average Bonchev–Trinajstić information content (AvgIpc) is 2.42. The van der Waals surface area contributed by atoms with Gasteiger partial charge in [0.15, 0.2) is 0 Å². The van der Waals surface area contributed by atoms with Gasteiger partial charge in [0, 0.05) is 38.8 Å². The number of hydrogen-bond acceptors (Lipinski definition) is 4. The molecule has 1 unspecified atom stereocenters. The summed E-state index contributed by atoms with van der Waals surface area (Å²) in [5.41, 5.74) is 0.673. The van der Waals surface area contributed by atoms with E-state index in [1.807, 2.05) is 6.07 Å². The lowest BCUT2D eigenvalue weighted by atomic mass is 10.1. The maximum atomic E-state index is 13.5. The smallest absolute Gasteiger partial charge is 0.143 e. The molecule has 1 atom stereocenters. The third-order valence-electron chi connectivity index (χ3n) is 3.66. The van der Waals surface area contributed by atoms with Crippen LogP contribution in [0.5, 0.6) is 0 Å². The van der Waals surface area contributed by atoms with Gasteiger partial charge in [-0.25, -0.2) is 4.39 Å². The SMILES string of the molecule is CC(CN1CCN(C)CC1)Nc1cccc(F)c1C#N. The monoisotopic (exact) mass is 276 g/mol. The van der Waals surface area contributed by atoms with E-state index in [1.165, 1.54) is 6.07 Å². The van der Waals surface area contributed by atoms with Crippen LogP contribution in [0, 0.1) is 17.1 Å². The lowest BCUT2D eigenvalue weighted by Crippen LogP contribution is -2.47. The van der Waals surface area contributed by atoms with E-state index in [9.17, 15) is 4.39 Å². The number of rotatable bonds is 4. The van der Waals surface area contributed by atoms with Crippen molar-refractivity contribution >= 4 is 5.69 Å². The highest BCUT2D eigenvalue weighted by molar-refractivity contribution is 5.58. The van der Waals surface area contributed by atoms with Crippen molar-refractivity contribution in [3.8, 4) is 6.07 Å². The van der Waals surface area contributed by atoms with Gasteiger partial charge in [0.05, 0.1) is 5.69 Å². The molecule has 0 aliphatic carbocycles. The van der Waals surface area contributed by atoms with Crippen LogP contribution in [-0.4, -0.2) is 55.6 Å². The molecular weight excluding hydrogens is 255 g/mol. The zero-order valence-corrected chi connectivity index (χ0v) is 12.1. The Morgan fingerprint density at radius 2 is 2.05 bits per heavy atom. The van der Waals surface area contributed by atoms with Gasteiger partial charge in [-0.3, -0.25) is 4.90 Å². The highest BCUT2D eigenvalue weighted by Gasteiger charge is 2.17. The van der Waals surface area contributed by atoms with E-state index >= 15 is 0 Å². The summed E-state index contributed by atoms with van der Waals surface area (Å²) in [6.45, 7) is 7.22. The Hall–Kier alpha value is -1.64. The fraction of sp³-hybridized carbons (Fsp3) is 0.533. The molecule has 1 fully saturated rings. The van der Waals surface area contributed by atoms with Crippen molar-refractivity contribution in [2.75, 3.05) is 45.1 Å². The zero-order chi connectivity index (χ0) is 14.5. The summed E-state index contributed by atoms with van der Waals surface area (Å²) >= 11 is 0. The van der Waals surface area contributed by atoms with Crippen molar-refractivity contribution in [3.05, 3.63) is 29.6 Å². The second-order valence-corrected chi connectivity index (χ2v) is 5.42. The first-order valence-electron chi connectivity index (χ1n) is 6.96. The van der Waals surface area contributed by atoms with Crippen LogP contribution in [0.3, 0.4) is 0 Å². The zero-order valence-electron chi connectivity index (χ0n) is 12.1. The van der Waals surface area contributed by atoms with Gasteiger partial charge >= 0.3 is 0 Å². The Bertz CT molecular complexity index is 489. The van der Waals surface area contributed by atoms with Gasteiger partial charge in [0.1, 0.15) is 17.4 Å². The number of halogens is 1. The fourth-order valence-corrected chi connectivity index (χ4v) is 2.49. The summed E-state index contributed by atoms with van der Waals surface area (Å²) in [6.07, 6.45) is 0. The van der Waals surface area contributed by atoms with Crippen LogP contribution in [0.2, 0.25) is 0 Å². The van der Waals surface area contributed by atoms with Crippen LogP contribution in [0.25, 0.3) is 0 Å². The first-order valence-corrected chi connectivity index (χ1v) is 6.96. The van der Waals surface area contributed by atoms with Gasteiger partial charge in [0.2, 0.25) is 0 Å². The number of hydrogen-bond donors (Lipinski definition) is 1. The van der Waals surface area contributed by atoms with E-state index in [4.69, 9.17) is 5.26 Å². The van der Waals surface area contributed by atoms with E-state index < -0.39 is 5.82 Å². The molecule has 0 aromatic heterocycles. The van der Waals surface area contributed by atoms with Gasteiger partial charge < -0.3 is 10.2 Å². The van der Waals surface area contributed by atoms with E-state index in [0.29, 0.717) is 5.69 Å². The molecule has 1 saturated heterocycles. The van der Waals surface area contributed by atoms with Crippen LogP contribution in [0.15, 0.2) is 18.2 Å². The van der Waals surface area contributed by atoms with Crippen LogP contribution >= 0.6 is 0 Å². The molecule has 0 radical (unpaired) electrons. The molecule has 1 aromatic carbocycles. The van der Waals surface area contributed by atoms with Crippen LogP contribution in [0.4, 0.5) is 10.1 Å². The minimum Gasteiger partial charge on any atom is -0.380 e. The molecule has 1 heterocycles. The minimum atomic E-state index is -0.468. The molecule has 4 nitrogen and oxygen atoms in total. The largest absolute Gasteiger partial charge is 0.380 e. The van der Waals surface area contributed by atoms with Crippen molar-refractivity contribution in [1.82, 2.24) is 9.80 Å². The van der Waals surface area contributed by atoms with Crippen LogP contribution < -0.4 is 5.32 Å². The summed E-state index contributed by atoms with van der Waals surface area (Å²) in [7, 11) is 2.13. The number of benzene rings is 1. The lowest BCUT2D eigenvalue weighted by molar-refractivity contribution is 0.151. The number of piperazine rings is 1. The van der Waals surface area contributed by atoms with Gasteiger partial charge in [-0.15, -0.1) is 0 Å².